The average molecular weight is 186 g/mol. The molecule has 1 rings (SSSR count). The number of nitrogens with one attached hydrogen (secondary N) is 2. The van der Waals surface area contributed by atoms with Gasteiger partial charge in [-0.3, -0.25) is 5.43 Å². The first-order valence-corrected chi connectivity index (χ1v) is 4.48. The van der Waals surface area contributed by atoms with Crippen molar-refractivity contribution >= 4 is 5.96 Å². The lowest BCUT2D eigenvalue weighted by Crippen LogP contribution is -2.46. The van der Waals surface area contributed by atoms with E-state index in [-0.39, 0.29) is 5.54 Å². The van der Waals surface area contributed by atoms with Crippen molar-refractivity contribution in [2.75, 3.05) is 20.3 Å². The van der Waals surface area contributed by atoms with E-state index < -0.39 is 0 Å². The second kappa shape index (κ2) is 4.43. The Bertz CT molecular complexity index is 189. The van der Waals surface area contributed by atoms with Crippen molar-refractivity contribution in [2.45, 2.75) is 25.3 Å². The van der Waals surface area contributed by atoms with Crippen LogP contribution in [0.3, 0.4) is 0 Å². The molecular formula is C8H18N4O. The molecule has 0 unspecified atom stereocenters. The van der Waals surface area contributed by atoms with E-state index in [1.807, 2.05) is 0 Å². The standard InChI is InChI=1S/C8H18N4O/c1-8(3-4-8)11-7(12-9)10-5-6-13-2/h3-6,9H2,1-2H3,(H2,10,11,12). The predicted octanol–water partition coefficient (Wildman–Crippen LogP) is -0.406. The third-order valence-electron chi connectivity index (χ3n) is 2.12. The van der Waals surface area contributed by atoms with Crippen LogP contribution in [0.2, 0.25) is 0 Å². The Kier molecular flexibility index (Phi) is 3.50. The first-order valence-electron chi connectivity index (χ1n) is 4.48. The summed E-state index contributed by atoms with van der Waals surface area (Å²) in [5.41, 5.74) is 2.75. The van der Waals surface area contributed by atoms with Gasteiger partial charge in [0.2, 0.25) is 5.96 Å². The van der Waals surface area contributed by atoms with Gasteiger partial charge in [-0.15, -0.1) is 0 Å². The summed E-state index contributed by atoms with van der Waals surface area (Å²) in [6.07, 6.45) is 2.36. The summed E-state index contributed by atoms with van der Waals surface area (Å²) in [5.74, 6) is 5.96. The lowest BCUT2D eigenvalue weighted by Gasteiger charge is -2.14. The highest BCUT2D eigenvalue weighted by Crippen LogP contribution is 2.33. The number of guanidine groups is 1. The zero-order valence-electron chi connectivity index (χ0n) is 8.26. The Morgan fingerprint density at radius 3 is 2.77 bits per heavy atom. The molecule has 0 aromatic rings. The van der Waals surface area contributed by atoms with Gasteiger partial charge in [0.15, 0.2) is 0 Å². The smallest absolute Gasteiger partial charge is 0.206 e. The van der Waals surface area contributed by atoms with Crippen molar-refractivity contribution in [1.82, 2.24) is 10.7 Å². The maximum absolute atomic E-state index is 5.31. The zero-order chi connectivity index (χ0) is 9.73. The van der Waals surface area contributed by atoms with E-state index in [0.717, 1.165) is 0 Å². The zero-order valence-corrected chi connectivity index (χ0v) is 8.26. The van der Waals surface area contributed by atoms with Gasteiger partial charge < -0.3 is 10.1 Å². The quantitative estimate of drug-likeness (QED) is 0.183. The largest absolute Gasteiger partial charge is 0.383 e. The second-order valence-corrected chi connectivity index (χ2v) is 3.55. The highest BCUT2D eigenvalue weighted by molar-refractivity contribution is 5.80. The van der Waals surface area contributed by atoms with E-state index in [2.05, 4.69) is 22.7 Å². The molecule has 5 nitrogen and oxygen atoms in total. The first-order chi connectivity index (χ1) is 6.20. The van der Waals surface area contributed by atoms with Crippen LogP contribution in [0.4, 0.5) is 0 Å². The van der Waals surface area contributed by atoms with E-state index >= 15 is 0 Å². The summed E-state index contributed by atoms with van der Waals surface area (Å²) in [5, 5.41) is 3.23. The average Bonchev–Trinajstić information content (AvgIpc) is 2.83. The number of hydrogen-bond acceptors (Lipinski definition) is 3. The van der Waals surface area contributed by atoms with Crippen molar-refractivity contribution < 1.29 is 4.74 Å². The molecule has 1 aliphatic rings. The van der Waals surface area contributed by atoms with Gasteiger partial charge >= 0.3 is 0 Å². The topological polar surface area (TPSA) is 71.7 Å². The Balaban J connectivity index is 2.28. The summed E-state index contributed by atoms with van der Waals surface area (Å²) in [6.45, 7) is 3.39. The molecule has 0 aliphatic heterocycles. The van der Waals surface area contributed by atoms with Gasteiger partial charge in [0.25, 0.3) is 0 Å². The van der Waals surface area contributed by atoms with Crippen LogP contribution < -0.4 is 16.6 Å². The molecule has 0 amide bonds. The van der Waals surface area contributed by atoms with Gasteiger partial charge in [-0.1, -0.05) is 0 Å². The fourth-order valence-corrected chi connectivity index (χ4v) is 0.968. The van der Waals surface area contributed by atoms with Crippen LogP contribution in [-0.2, 0) is 4.74 Å². The van der Waals surface area contributed by atoms with E-state index in [0.29, 0.717) is 19.1 Å². The molecule has 0 bridgehead atoms. The number of hydrogen-bond donors (Lipinski definition) is 3. The van der Waals surface area contributed by atoms with Crippen molar-refractivity contribution in [1.29, 1.82) is 0 Å². The van der Waals surface area contributed by atoms with Crippen molar-refractivity contribution in [2.24, 2.45) is 10.8 Å². The molecule has 5 heteroatoms. The number of nitrogens with zero attached hydrogens (tertiary/aromatic N) is 1. The molecule has 1 aliphatic carbocycles. The minimum absolute atomic E-state index is 0.207. The highest BCUT2D eigenvalue weighted by atomic mass is 16.5. The van der Waals surface area contributed by atoms with Gasteiger partial charge in [-0.2, -0.15) is 0 Å². The summed E-state index contributed by atoms with van der Waals surface area (Å²) >= 11 is 0. The molecule has 0 saturated heterocycles. The minimum atomic E-state index is 0.207. The number of methoxy groups -OCH3 is 1. The fourth-order valence-electron chi connectivity index (χ4n) is 0.968. The van der Waals surface area contributed by atoms with Crippen LogP contribution in [-0.4, -0.2) is 31.8 Å². The summed E-state index contributed by atoms with van der Waals surface area (Å²) in [7, 11) is 1.65. The fraction of sp³-hybridized carbons (Fsp3) is 0.875. The van der Waals surface area contributed by atoms with Gasteiger partial charge in [-0.05, 0) is 19.8 Å². The molecule has 1 fully saturated rings. The Labute approximate surface area is 78.7 Å². The van der Waals surface area contributed by atoms with Gasteiger partial charge in [0, 0.05) is 12.6 Å². The monoisotopic (exact) mass is 186 g/mol. The van der Waals surface area contributed by atoms with Gasteiger partial charge in [-0.25, -0.2) is 10.8 Å². The SMILES string of the molecule is COCCN=C(NN)NC1(C)CC1. The summed E-state index contributed by atoms with van der Waals surface area (Å²) in [6, 6.07) is 0. The molecule has 1 saturated carbocycles. The Morgan fingerprint density at radius 1 is 1.62 bits per heavy atom. The van der Waals surface area contributed by atoms with E-state index in [1.165, 1.54) is 12.8 Å². The van der Waals surface area contributed by atoms with Crippen LogP contribution in [0.5, 0.6) is 0 Å². The molecule has 13 heavy (non-hydrogen) atoms. The van der Waals surface area contributed by atoms with E-state index in [4.69, 9.17) is 10.6 Å². The van der Waals surface area contributed by atoms with Crippen LogP contribution in [0.15, 0.2) is 4.99 Å². The first kappa shape index (κ1) is 10.3. The Morgan fingerprint density at radius 2 is 2.31 bits per heavy atom. The van der Waals surface area contributed by atoms with Crippen molar-refractivity contribution in [3.8, 4) is 0 Å². The number of rotatable bonds is 4. The third kappa shape index (κ3) is 3.61. The van der Waals surface area contributed by atoms with Crippen LogP contribution in [0.25, 0.3) is 0 Å². The van der Waals surface area contributed by atoms with Crippen molar-refractivity contribution in [3.05, 3.63) is 0 Å². The second-order valence-electron chi connectivity index (χ2n) is 3.55. The van der Waals surface area contributed by atoms with Gasteiger partial charge in [0.05, 0.1) is 13.2 Å². The van der Waals surface area contributed by atoms with Crippen LogP contribution >= 0.6 is 0 Å². The predicted molar refractivity (Wildman–Crippen MR) is 52.3 cm³/mol. The van der Waals surface area contributed by atoms with Crippen molar-refractivity contribution in [3.63, 3.8) is 0 Å². The van der Waals surface area contributed by atoms with E-state index in [9.17, 15) is 0 Å². The number of hydrazine groups is 1. The lowest BCUT2D eigenvalue weighted by atomic mass is 10.3. The molecule has 0 heterocycles. The number of nitrogens with two attached hydrogens (primary N) is 1. The molecule has 0 radical (unpaired) electrons. The molecular weight excluding hydrogens is 168 g/mol. The molecule has 4 N–H and O–H groups in total. The maximum Gasteiger partial charge on any atom is 0.206 e. The summed E-state index contributed by atoms with van der Waals surface area (Å²) < 4.78 is 4.88. The summed E-state index contributed by atoms with van der Waals surface area (Å²) in [4.78, 5) is 4.20. The Hall–Kier alpha value is -0.810. The minimum Gasteiger partial charge on any atom is -0.383 e. The molecule has 0 atom stereocenters. The third-order valence-corrected chi connectivity index (χ3v) is 2.12. The molecule has 0 spiro atoms. The molecule has 0 aromatic heterocycles. The molecule has 0 aromatic carbocycles. The van der Waals surface area contributed by atoms with Gasteiger partial charge in [0.1, 0.15) is 0 Å². The lowest BCUT2D eigenvalue weighted by molar-refractivity contribution is 0.208. The van der Waals surface area contributed by atoms with E-state index in [1.54, 1.807) is 7.11 Å². The highest BCUT2D eigenvalue weighted by Gasteiger charge is 2.37. The van der Waals surface area contributed by atoms with Crippen LogP contribution in [0.1, 0.15) is 19.8 Å². The number of ether oxygens (including phenoxy) is 1. The normalized spacial score (nSPS) is 19.8. The number of aliphatic imine (C=N–C) groups is 1. The molecule has 76 valence electrons. The van der Waals surface area contributed by atoms with Crippen LogP contribution in [0, 0.1) is 0 Å². The maximum atomic E-state index is 5.31.